The predicted octanol–water partition coefficient (Wildman–Crippen LogP) is 1.99. The number of fused-ring (bicyclic) bond motifs is 3. The zero-order chi connectivity index (χ0) is 8.67. The summed E-state index contributed by atoms with van der Waals surface area (Å²) >= 11 is 0. The maximum atomic E-state index is 4.14. The van der Waals surface area contributed by atoms with E-state index < -0.39 is 0 Å². The van der Waals surface area contributed by atoms with Crippen molar-refractivity contribution in [3.05, 3.63) is 47.6 Å². The Morgan fingerprint density at radius 3 is 3.00 bits per heavy atom. The number of hydrogen-bond acceptors (Lipinski definition) is 1. The molecular formula is C11H8BN. The van der Waals surface area contributed by atoms with Crippen LogP contribution in [-0.4, -0.2) is 11.9 Å². The molecule has 1 aromatic carbocycles. The van der Waals surface area contributed by atoms with Crippen LogP contribution >= 0.6 is 0 Å². The molecule has 0 amide bonds. The van der Waals surface area contributed by atoms with Gasteiger partial charge in [0, 0.05) is 0 Å². The maximum absolute atomic E-state index is 4.14. The average molecular weight is 165 g/mol. The van der Waals surface area contributed by atoms with Crippen molar-refractivity contribution in [3.63, 3.8) is 0 Å². The van der Waals surface area contributed by atoms with Gasteiger partial charge in [-0.3, -0.25) is 0 Å². The van der Waals surface area contributed by atoms with Crippen molar-refractivity contribution in [2.24, 2.45) is 0 Å². The van der Waals surface area contributed by atoms with Crippen LogP contribution in [0.5, 0.6) is 0 Å². The van der Waals surface area contributed by atoms with Crippen molar-refractivity contribution in [3.8, 4) is 11.1 Å². The molecular weight excluding hydrogens is 157 g/mol. The van der Waals surface area contributed by atoms with E-state index in [1.165, 1.54) is 22.1 Å². The first-order valence-electron chi connectivity index (χ1n) is 4.46. The molecule has 0 unspecified atom stereocenters. The Bertz CT molecular complexity index is 422. The molecule has 0 aliphatic heterocycles. The van der Waals surface area contributed by atoms with Crippen LogP contribution in [0.3, 0.4) is 0 Å². The first kappa shape index (κ1) is 7.02. The minimum absolute atomic E-state index is 1.04. The molecule has 1 aromatic heterocycles. The fourth-order valence-electron chi connectivity index (χ4n) is 1.97. The van der Waals surface area contributed by atoms with Crippen LogP contribution < -0.4 is 0 Å². The van der Waals surface area contributed by atoms with E-state index >= 15 is 0 Å². The van der Waals surface area contributed by atoms with Crippen molar-refractivity contribution in [2.75, 3.05) is 0 Å². The first-order valence-corrected chi connectivity index (χ1v) is 4.46. The number of nitrogens with zero attached hydrogens (tertiary/aromatic N) is 1. The summed E-state index contributed by atoms with van der Waals surface area (Å²) in [6.07, 6.45) is 2.90. The van der Waals surface area contributed by atoms with Crippen LogP contribution in [0.1, 0.15) is 11.0 Å². The molecule has 0 spiro atoms. The molecule has 13 heavy (non-hydrogen) atoms. The van der Waals surface area contributed by atoms with Gasteiger partial charge < -0.3 is 0 Å². The zero-order valence-corrected chi connectivity index (χ0v) is 7.20. The van der Waals surface area contributed by atoms with Crippen molar-refractivity contribution in [1.82, 2.24) is 4.89 Å². The average Bonchev–Trinajstić information content (AvgIpc) is 2.56. The molecule has 1 aliphatic carbocycles. The summed E-state index contributed by atoms with van der Waals surface area (Å²) in [6.45, 7) is 0. The fraction of sp³-hybridized carbons (Fsp3) is 0.0909. The van der Waals surface area contributed by atoms with Gasteiger partial charge in [0.2, 0.25) is 0 Å². The third-order valence-electron chi connectivity index (χ3n) is 2.59. The third kappa shape index (κ3) is 0.950. The van der Waals surface area contributed by atoms with Crippen molar-refractivity contribution in [2.45, 2.75) is 6.42 Å². The Balaban J connectivity index is 2.32. The molecule has 0 N–H and O–H groups in total. The summed E-state index contributed by atoms with van der Waals surface area (Å²) in [7, 11) is 1.97. The van der Waals surface area contributed by atoms with Gasteiger partial charge in [0.15, 0.2) is 0 Å². The standard InChI is InChI=1S/C11H8BN/c1-2-4-9-8(3-1)7-11-10(9)5-6-13-12-11/h1-6H,7H2. The van der Waals surface area contributed by atoms with Crippen molar-refractivity contribution in [1.29, 1.82) is 0 Å². The summed E-state index contributed by atoms with van der Waals surface area (Å²) in [5.41, 5.74) is 5.50. The number of aromatic nitrogens is 1. The van der Waals surface area contributed by atoms with E-state index in [0.29, 0.717) is 0 Å². The molecule has 60 valence electrons. The summed E-state index contributed by atoms with van der Waals surface area (Å²) in [5.74, 6) is 0. The number of rotatable bonds is 0. The normalized spacial score (nSPS) is 12.0. The van der Waals surface area contributed by atoms with Crippen LogP contribution in [0.2, 0.25) is 0 Å². The van der Waals surface area contributed by atoms with E-state index in [-0.39, 0.29) is 0 Å². The summed E-state index contributed by atoms with van der Waals surface area (Å²) in [4.78, 5) is 4.14. The predicted molar refractivity (Wildman–Crippen MR) is 53.8 cm³/mol. The van der Waals surface area contributed by atoms with Gasteiger partial charge in [0.25, 0.3) is 0 Å². The van der Waals surface area contributed by atoms with E-state index in [1.54, 1.807) is 0 Å². The molecule has 2 heteroatoms. The van der Waals surface area contributed by atoms with Crippen LogP contribution in [0.4, 0.5) is 0 Å². The van der Waals surface area contributed by atoms with E-state index in [0.717, 1.165) is 6.42 Å². The van der Waals surface area contributed by atoms with Gasteiger partial charge in [0.1, 0.15) is 0 Å². The second-order valence-corrected chi connectivity index (χ2v) is 3.37. The van der Waals surface area contributed by atoms with Crippen LogP contribution in [0.15, 0.2) is 36.5 Å². The molecule has 0 radical (unpaired) electrons. The summed E-state index contributed by atoms with van der Waals surface area (Å²) < 4.78 is 0. The topological polar surface area (TPSA) is 12.9 Å². The Morgan fingerprint density at radius 1 is 1.08 bits per heavy atom. The SMILES string of the molecule is b1nccc2c1Cc1ccccc1-2. The molecule has 2 aromatic rings. The molecule has 0 fully saturated rings. The van der Waals surface area contributed by atoms with E-state index in [2.05, 4.69) is 35.2 Å². The van der Waals surface area contributed by atoms with Gasteiger partial charge in [-0.15, -0.1) is 0 Å². The van der Waals surface area contributed by atoms with Crippen LogP contribution in [-0.2, 0) is 6.42 Å². The van der Waals surface area contributed by atoms with Crippen molar-refractivity contribution < 1.29 is 0 Å². The van der Waals surface area contributed by atoms with E-state index in [4.69, 9.17) is 0 Å². The fourth-order valence-corrected chi connectivity index (χ4v) is 1.97. The van der Waals surface area contributed by atoms with E-state index in [1.807, 2.05) is 13.2 Å². The first-order chi connectivity index (χ1) is 6.45. The minimum atomic E-state index is 1.04. The van der Waals surface area contributed by atoms with Gasteiger partial charge in [-0.25, -0.2) is 0 Å². The van der Waals surface area contributed by atoms with Crippen LogP contribution in [0.25, 0.3) is 11.1 Å². The van der Waals surface area contributed by atoms with Gasteiger partial charge >= 0.3 is 77.0 Å². The van der Waals surface area contributed by atoms with E-state index in [9.17, 15) is 0 Å². The zero-order valence-electron chi connectivity index (χ0n) is 7.20. The molecule has 1 aliphatic rings. The molecule has 0 atom stereocenters. The quantitative estimate of drug-likeness (QED) is 0.496. The molecule has 0 saturated carbocycles. The Morgan fingerprint density at radius 2 is 2.00 bits per heavy atom. The summed E-state index contributed by atoms with van der Waals surface area (Å²) in [5, 5.41) is 0. The molecule has 1 heterocycles. The second kappa shape index (κ2) is 2.53. The van der Waals surface area contributed by atoms with Gasteiger partial charge in [-0.1, -0.05) is 0 Å². The number of benzene rings is 1. The Hall–Kier alpha value is -1.44. The molecule has 0 bridgehead atoms. The monoisotopic (exact) mass is 165 g/mol. The van der Waals surface area contributed by atoms with Crippen molar-refractivity contribution >= 4 is 7.05 Å². The summed E-state index contributed by atoms with van der Waals surface area (Å²) in [6, 6.07) is 10.7. The third-order valence-corrected chi connectivity index (χ3v) is 2.59. The Labute approximate surface area is 77.7 Å². The second-order valence-electron chi connectivity index (χ2n) is 3.37. The molecule has 0 saturated heterocycles. The van der Waals surface area contributed by atoms with Gasteiger partial charge in [0.05, 0.1) is 0 Å². The molecule has 1 nitrogen and oxygen atoms in total. The van der Waals surface area contributed by atoms with Gasteiger partial charge in [-0.2, -0.15) is 0 Å². The van der Waals surface area contributed by atoms with Crippen LogP contribution in [0, 0.1) is 0 Å². The van der Waals surface area contributed by atoms with Gasteiger partial charge in [-0.05, 0) is 0 Å². The number of hydrogen-bond donors (Lipinski definition) is 0. The Kier molecular flexibility index (Phi) is 1.36. The molecule has 3 rings (SSSR count).